The molecule has 3 rings (SSSR count). The van der Waals surface area contributed by atoms with Crippen molar-refractivity contribution in [2.75, 3.05) is 40.4 Å². The smallest absolute Gasteiger partial charge is 0.273 e. The predicted molar refractivity (Wildman–Crippen MR) is 112 cm³/mol. The van der Waals surface area contributed by atoms with E-state index >= 15 is 0 Å². The molecule has 1 saturated heterocycles. The molecule has 0 saturated carbocycles. The molecule has 0 atom stereocenters. The van der Waals surface area contributed by atoms with Gasteiger partial charge in [-0.3, -0.25) is 9.59 Å². The quantitative estimate of drug-likeness (QED) is 0.597. The van der Waals surface area contributed by atoms with Crippen LogP contribution in [0, 0.1) is 0 Å². The Morgan fingerprint density at radius 3 is 2.29 bits per heavy atom. The van der Waals surface area contributed by atoms with Gasteiger partial charge in [0.15, 0.2) is 28.1 Å². The van der Waals surface area contributed by atoms with Crippen LogP contribution >= 0.6 is 0 Å². The molecule has 0 bridgehead atoms. The molecule has 1 fully saturated rings. The van der Waals surface area contributed by atoms with Crippen LogP contribution in [0.25, 0.3) is 0 Å². The number of methoxy groups -OCH3 is 2. The summed E-state index contributed by atoms with van der Waals surface area (Å²) in [5.74, 6) is -0.183. The van der Waals surface area contributed by atoms with Gasteiger partial charge in [-0.2, -0.15) is 0 Å². The Hall–Kier alpha value is -3.11. The Bertz CT molecular complexity index is 1080. The van der Waals surface area contributed by atoms with E-state index in [0.717, 1.165) is 6.26 Å². The molecule has 0 aliphatic carbocycles. The standard InChI is InChI=1S/C21H24N2O7S/c1-28-14-30-17-10-9-15(13-18(17)29-2)20(24)22-11-6-12-23(22)21(25)16-7-4-5-8-19(16)31(3,26)27/h4-5,7-10,13H,6,11-12,14H2,1-3H3. The minimum atomic E-state index is -3.61. The highest BCUT2D eigenvalue weighted by Gasteiger charge is 2.34. The lowest BCUT2D eigenvalue weighted by molar-refractivity contribution is 0.0183. The largest absolute Gasteiger partial charge is 0.493 e. The topological polar surface area (TPSA) is 102 Å². The van der Waals surface area contributed by atoms with Crippen LogP contribution in [-0.4, -0.2) is 70.6 Å². The summed E-state index contributed by atoms with van der Waals surface area (Å²) < 4.78 is 39.8. The number of ether oxygens (including phenoxy) is 3. The van der Waals surface area contributed by atoms with E-state index in [9.17, 15) is 18.0 Å². The first kappa shape index (κ1) is 22.6. The van der Waals surface area contributed by atoms with Crippen LogP contribution in [0.2, 0.25) is 0 Å². The molecule has 1 heterocycles. The molecule has 0 N–H and O–H groups in total. The maximum absolute atomic E-state index is 13.2. The van der Waals surface area contributed by atoms with Crippen LogP contribution < -0.4 is 9.47 Å². The van der Waals surface area contributed by atoms with E-state index < -0.39 is 21.7 Å². The lowest BCUT2D eigenvalue weighted by Crippen LogP contribution is -2.45. The third kappa shape index (κ3) is 4.80. The number of hydrogen-bond acceptors (Lipinski definition) is 7. The van der Waals surface area contributed by atoms with Crippen molar-refractivity contribution in [1.29, 1.82) is 0 Å². The third-order valence-electron chi connectivity index (χ3n) is 4.76. The van der Waals surface area contributed by atoms with Crippen LogP contribution in [0.3, 0.4) is 0 Å². The van der Waals surface area contributed by atoms with Gasteiger partial charge in [0, 0.05) is 32.0 Å². The molecule has 0 spiro atoms. The van der Waals surface area contributed by atoms with Crippen LogP contribution in [0.15, 0.2) is 47.4 Å². The summed E-state index contributed by atoms with van der Waals surface area (Å²) in [5.41, 5.74) is 0.336. The number of nitrogens with zero attached hydrogens (tertiary/aromatic N) is 2. The second-order valence-corrected chi connectivity index (χ2v) is 8.88. The summed E-state index contributed by atoms with van der Waals surface area (Å²) >= 11 is 0. The van der Waals surface area contributed by atoms with E-state index in [1.165, 1.54) is 42.4 Å². The van der Waals surface area contributed by atoms with E-state index in [0.29, 0.717) is 36.6 Å². The van der Waals surface area contributed by atoms with E-state index in [-0.39, 0.29) is 17.3 Å². The molecule has 2 aromatic carbocycles. The lowest BCUT2D eigenvalue weighted by Gasteiger charge is -2.28. The van der Waals surface area contributed by atoms with Crippen molar-refractivity contribution in [1.82, 2.24) is 10.0 Å². The Balaban J connectivity index is 1.89. The molecule has 2 aromatic rings. The Kier molecular flexibility index (Phi) is 6.81. The van der Waals surface area contributed by atoms with Crippen molar-refractivity contribution in [2.45, 2.75) is 11.3 Å². The first-order valence-electron chi connectivity index (χ1n) is 9.50. The van der Waals surface area contributed by atoms with Gasteiger partial charge in [0.05, 0.1) is 17.6 Å². The highest BCUT2D eigenvalue weighted by atomic mass is 32.2. The number of benzene rings is 2. The number of hydrazine groups is 1. The molecule has 10 heteroatoms. The highest BCUT2D eigenvalue weighted by Crippen LogP contribution is 2.30. The number of carbonyl (C=O) groups excluding carboxylic acids is 2. The molecule has 0 radical (unpaired) electrons. The van der Waals surface area contributed by atoms with Gasteiger partial charge in [-0.05, 0) is 36.8 Å². The number of carbonyl (C=O) groups is 2. The van der Waals surface area contributed by atoms with E-state index in [1.54, 1.807) is 24.3 Å². The summed E-state index contributed by atoms with van der Waals surface area (Å²) in [6, 6.07) is 10.7. The zero-order valence-corrected chi connectivity index (χ0v) is 18.3. The Morgan fingerprint density at radius 1 is 0.968 bits per heavy atom. The van der Waals surface area contributed by atoms with Gasteiger partial charge < -0.3 is 14.2 Å². The maximum Gasteiger partial charge on any atom is 0.273 e. The van der Waals surface area contributed by atoms with Crippen molar-refractivity contribution < 1.29 is 32.2 Å². The van der Waals surface area contributed by atoms with Crippen molar-refractivity contribution >= 4 is 21.7 Å². The fraction of sp³-hybridized carbons (Fsp3) is 0.333. The SMILES string of the molecule is COCOc1ccc(C(=O)N2CCCN2C(=O)c2ccccc2S(C)(=O)=O)cc1OC. The van der Waals surface area contributed by atoms with E-state index in [2.05, 4.69) is 0 Å². The summed E-state index contributed by atoms with van der Waals surface area (Å²) in [6.07, 6.45) is 1.62. The molecule has 2 amide bonds. The van der Waals surface area contributed by atoms with E-state index in [4.69, 9.17) is 14.2 Å². The van der Waals surface area contributed by atoms with Crippen LogP contribution in [0.4, 0.5) is 0 Å². The molecule has 1 aliphatic rings. The second kappa shape index (κ2) is 9.36. The predicted octanol–water partition coefficient (Wildman–Crippen LogP) is 1.98. The highest BCUT2D eigenvalue weighted by molar-refractivity contribution is 7.90. The number of rotatable bonds is 7. The zero-order chi connectivity index (χ0) is 22.6. The average Bonchev–Trinajstić information content (AvgIpc) is 3.25. The van der Waals surface area contributed by atoms with Gasteiger partial charge >= 0.3 is 0 Å². The molecule has 9 nitrogen and oxygen atoms in total. The molecule has 166 valence electrons. The lowest BCUT2D eigenvalue weighted by atomic mass is 10.2. The molecule has 31 heavy (non-hydrogen) atoms. The van der Waals surface area contributed by atoms with Gasteiger partial charge in [-0.15, -0.1) is 0 Å². The summed E-state index contributed by atoms with van der Waals surface area (Å²) in [5, 5.41) is 2.61. The van der Waals surface area contributed by atoms with Crippen molar-refractivity contribution in [3.05, 3.63) is 53.6 Å². The van der Waals surface area contributed by atoms with E-state index in [1.807, 2.05) is 0 Å². The zero-order valence-electron chi connectivity index (χ0n) is 17.5. The van der Waals surface area contributed by atoms with Gasteiger partial charge in [-0.25, -0.2) is 18.4 Å². The average molecular weight is 448 g/mol. The summed E-state index contributed by atoms with van der Waals surface area (Å²) in [6.45, 7) is 0.655. The van der Waals surface area contributed by atoms with Crippen LogP contribution in [0.5, 0.6) is 11.5 Å². The molecule has 1 aliphatic heterocycles. The fourth-order valence-corrected chi connectivity index (χ4v) is 4.21. The minimum Gasteiger partial charge on any atom is -0.493 e. The molecule has 0 aromatic heterocycles. The number of hydrogen-bond donors (Lipinski definition) is 0. The first-order valence-corrected chi connectivity index (χ1v) is 11.4. The molecular formula is C21H24N2O7S. The Labute approximate surface area is 181 Å². The van der Waals surface area contributed by atoms with Crippen molar-refractivity contribution in [3.8, 4) is 11.5 Å². The molecule has 0 unspecified atom stereocenters. The molecular weight excluding hydrogens is 424 g/mol. The maximum atomic E-state index is 13.2. The first-order chi connectivity index (χ1) is 14.8. The Morgan fingerprint density at radius 2 is 1.65 bits per heavy atom. The van der Waals surface area contributed by atoms with Gasteiger partial charge in [0.2, 0.25) is 0 Å². The number of amides is 2. The summed E-state index contributed by atoms with van der Waals surface area (Å²) in [4.78, 5) is 26.3. The number of sulfone groups is 1. The fourth-order valence-electron chi connectivity index (χ4n) is 3.33. The van der Waals surface area contributed by atoms with Gasteiger partial charge in [0.1, 0.15) is 0 Å². The van der Waals surface area contributed by atoms with Crippen LogP contribution in [-0.2, 0) is 14.6 Å². The minimum absolute atomic E-state index is 0.0256. The normalized spacial score (nSPS) is 13.9. The van der Waals surface area contributed by atoms with Gasteiger partial charge in [-0.1, -0.05) is 12.1 Å². The van der Waals surface area contributed by atoms with Crippen molar-refractivity contribution in [3.63, 3.8) is 0 Å². The van der Waals surface area contributed by atoms with Crippen molar-refractivity contribution in [2.24, 2.45) is 0 Å². The summed E-state index contributed by atoms with van der Waals surface area (Å²) in [7, 11) is -0.664. The second-order valence-electron chi connectivity index (χ2n) is 6.89. The van der Waals surface area contributed by atoms with Crippen LogP contribution in [0.1, 0.15) is 27.1 Å². The van der Waals surface area contributed by atoms with Gasteiger partial charge in [0.25, 0.3) is 11.8 Å². The monoisotopic (exact) mass is 448 g/mol. The third-order valence-corrected chi connectivity index (χ3v) is 5.91.